The van der Waals surface area contributed by atoms with Crippen molar-refractivity contribution in [3.63, 3.8) is 0 Å². The summed E-state index contributed by atoms with van der Waals surface area (Å²) in [5.41, 5.74) is 0.976. The molecule has 0 aliphatic heterocycles. The lowest BCUT2D eigenvalue weighted by Crippen LogP contribution is -2.27. The number of benzene rings is 1. The highest BCUT2D eigenvalue weighted by Crippen LogP contribution is 2.32. The average molecular weight is 253 g/mol. The van der Waals surface area contributed by atoms with Crippen molar-refractivity contribution in [2.45, 2.75) is 13.3 Å². The Morgan fingerprint density at radius 2 is 2.00 bits per heavy atom. The highest BCUT2D eigenvalue weighted by atomic mass is 16.5. The molecule has 0 aliphatic carbocycles. The van der Waals surface area contributed by atoms with Crippen molar-refractivity contribution in [1.82, 2.24) is 0 Å². The summed E-state index contributed by atoms with van der Waals surface area (Å²) in [4.78, 5) is 2.09. The number of nitrogens with zero attached hydrogens (tertiary/aromatic N) is 1. The molecule has 0 fully saturated rings. The van der Waals surface area contributed by atoms with Crippen LogP contribution in [0.25, 0.3) is 0 Å². The molecule has 0 heterocycles. The second-order valence-electron chi connectivity index (χ2n) is 4.38. The van der Waals surface area contributed by atoms with Gasteiger partial charge in [-0.2, -0.15) is 0 Å². The van der Waals surface area contributed by atoms with E-state index in [4.69, 9.17) is 9.47 Å². The molecule has 0 saturated heterocycles. The van der Waals surface area contributed by atoms with Gasteiger partial charge in [-0.1, -0.05) is 6.92 Å². The Bertz CT molecular complexity index is 364. The Morgan fingerprint density at radius 3 is 2.50 bits per heavy atom. The lowest BCUT2D eigenvalue weighted by atomic mass is 10.1. The highest BCUT2D eigenvalue weighted by Gasteiger charge is 2.13. The summed E-state index contributed by atoms with van der Waals surface area (Å²) in [6.07, 6.45) is 0.952. The monoisotopic (exact) mass is 253 g/mol. The van der Waals surface area contributed by atoms with Crippen molar-refractivity contribution in [2.75, 3.05) is 39.3 Å². The minimum absolute atomic E-state index is 0.202. The summed E-state index contributed by atoms with van der Waals surface area (Å²) in [7, 11) is 5.30. The van der Waals surface area contributed by atoms with Crippen LogP contribution in [0.2, 0.25) is 0 Å². The molecule has 1 N–H and O–H groups in total. The van der Waals surface area contributed by atoms with Crippen molar-refractivity contribution in [2.24, 2.45) is 5.92 Å². The third-order valence-corrected chi connectivity index (χ3v) is 3.16. The van der Waals surface area contributed by atoms with E-state index in [-0.39, 0.29) is 12.5 Å². The van der Waals surface area contributed by atoms with Crippen LogP contribution in [0.4, 0.5) is 5.69 Å². The van der Waals surface area contributed by atoms with Crippen molar-refractivity contribution >= 4 is 5.69 Å². The maximum absolute atomic E-state index is 9.27. The lowest BCUT2D eigenvalue weighted by molar-refractivity contribution is 0.225. The van der Waals surface area contributed by atoms with Gasteiger partial charge in [0.05, 0.1) is 19.9 Å². The number of anilines is 1. The Balaban J connectivity index is 2.91. The first-order valence-corrected chi connectivity index (χ1v) is 6.20. The summed E-state index contributed by atoms with van der Waals surface area (Å²) in [6.45, 7) is 3.07. The smallest absolute Gasteiger partial charge is 0.142 e. The average Bonchev–Trinajstić information content (AvgIpc) is 2.43. The molecule has 4 nitrogen and oxygen atoms in total. The van der Waals surface area contributed by atoms with E-state index in [9.17, 15) is 5.11 Å². The summed E-state index contributed by atoms with van der Waals surface area (Å²) < 4.78 is 10.6. The molecule has 1 rings (SSSR count). The van der Waals surface area contributed by atoms with E-state index in [0.29, 0.717) is 0 Å². The van der Waals surface area contributed by atoms with Crippen LogP contribution in [0.5, 0.6) is 11.5 Å². The molecule has 0 amide bonds. The minimum atomic E-state index is 0.202. The summed E-state index contributed by atoms with van der Waals surface area (Å²) >= 11 is 0. The normalized spacial score (nSPS) is 12.1. The van der Waals surface area contributed by atoms with Crippen molar-refractivity contribution in [3.05, 3.63) is 18.2 Å². The zero-order valence-electron chi connectivity index (χ0n) is 11.6. The van der Waals surface area contributed by atoms with Crippen LogP contribution in [0, 0.1) is 5.92 Å². The molecule has 0 radical (unpaired) electrons. The maximum Gasteiger partial charge on any atom is 0.142 e. The van der Waals surface area contributed by atoms with E-state index < -0.39 is 0 Å². The van der Waals surface area contributed by atoms with Crippen molar-refractivity contribution in [1.29, 1.82) is 0 Å². The largest absolute Gasteiger partial charge is 0.497 e. The van der Waals surface area contributed by atoms with Gasteiger partial charge in [0.25, 0.3) is 0 Å². The zero-order chi connectivity index (χ0) is 13.5. The van der Waals surface area contributed by atoms with Gasteiger partial charge < -0.3 is 19.5 Å². The van der Waals surface area contributed by atoms with Crippen LogP contribution in [-0.4, -0.2) is 39.5 Å². The van der Waals surface area contributed by atoms with Gasteiger partial charge in [-0.05, 0) is 24.5 Å². The number of ether oxygens (including phenoxy) is 2. The van der Waals surface area contributed by atoms with Gasteiger partial charge in [0.2, 0.25) is 0 Å². The van der Waals surface area contributed by atoms with Crippen LogP contribution >= 0.6 is 0 Å². The summed E-state index contributed by atoms with van der Waals surface area (Å²) in [5, 5.41) is 9.27. The molecule has 1 aromatic rings. The second kappa shape index (κ2) is 7.11. The highest BCUT2D eigenvalue weighted by molar-refractivity contribution is 5.61. The maximum atomic E-state index is 9.27. The van der Waals surface area contributed by atoms with E-state index in [1.54, 1.807) is 14.2 Å². The third kappa shape index (κ3) is 3.53. The Labute approximate surface area is 109 Å². The predicted octanol–water partition coefficient (Wildman–Crippen LogP) is 2.16. The quantitative estimate of drug-likeness (QED) is 0.808. The zero-order valence-corrected chi connectivity index (χ0v) is 11.6. The van der Waals surface area contributed by atoms with Crippen LogP contribution < -0.4 is 14.4 Å². The van der Waals surface area contributed by atoms with E-state index in [1.165, 1.54) is 0 Å². The lowest BCUT2D eigenvalue weighted by Gasteiger charge is -2.25. The number of hydrogen-bond acceptors (Lipinski definition) is 4. The van der Waals surface area contributed by atoms with Crippen LogP contribution in [0.15, 0.2) is 18.2 Å². The second-order valence-corrected chi connectivity index (χ2v) is 4.38. The van der Waals surface area contributed by atoms with E-state index in [2.05, 4.69) is 11.8 Å². The first-order valence-electron chi connectivity index (χ1n) is 6.20. The first kappa shape index (κ1) is 14.6. The van der Waals surface area contributed by atoms with Crippen molar-refractivity contribution in [3.8, 4) is 11.5 Å². The summed E-state index contributed by atoms with van der Waals surface area (Å²) in [6, 6.07) is 5.72. The topological polar surface area (TPSA) is 41.9 Å². The molecule has 0 spiro atoms. The third-order valence-electron chi connectivity index (χ3n) is 3.16. The molecule has 18 heavy (non-hydrogen) atoms. The van der Waals surface area contributed by atoms with E-state index in [1.807, 2.05) is 25.2 Å². The van der Waals surface area contributed by atoms with Gasteiger partial charge in [-0.25, -0.2) is 0 Å². The van der Waals surface area contributed by atoms with Crippen LogP contribution in [-0.2, 0) is 0 Å². The van der Waals surface area contributed by atoms with Crippen molar-refractivity contribution < 1.29 is 14.6 Å². The Kier molecular flexibility index (Phi) is 5.78. The van der Waals surface area contributed by atoms with Gasteiger partial charge >= 0.3 is 0 Å². The molecule has 0 aliphatic rings. The van der Waals surface area contributed by atoms with Gasteiger partial charge in [0.1, 0.15) is 11.5 Å². The van der Waals surface area contributed by atoms with E-state index >= 15 is 0 Å². The van der Waals surface area contributed by atoms with Gasteiger partial charge in [0, 0.05) is 26.3 Å². The van der Waals surface area contributed by atoms with E-state index in [0.717, 1.165) is 30.2 Å². The van der Waals surface area contributed by atoms with Crippen LogP contribution in [0.3, 0.4) is 0 Å². The van der Waals surface area contributed by atoms with Gasteiger partial charge in [0.15, 0.2) is 0 Å². The number of hydrogen-bond donors (Lipinski definition) is 1. The molecule has 0 aromatic heterocycles. The fourth-order valence-corrected chi connectivity index (χ4v) is 1.90. The number of methoxy groups -OCH3 is 2. The molecule has 0 saturated carbocycles. The SMILES string of the molecule is CCC(CO)CN(C)c1cc(OC)ccc1OC. The van der Waals surface area contributed by atoms with Gasteiger partial charge in [-0.3, -0.25) is 0 Å². The minimum Gasteiger partial charge on any atom is -0.497 e. The number of rotatable bonds is 7. The molecule has 1 atom stereocenters. The summed E-state index contributed by atoms with van der Waals surface area (Å²) in [5.74, 6) is 1.88. The molecular weight excluding hydrogens is 230 g/mol. The molecule has 102 valence electrons. The van der Waals surface area contributed by atoms with Crippen LogP contribution in [0.1, 0.15) is 13.3 Å². The first-order chi connectivity index (χ1) is 8.65. The fraction of sp³-hybridized carbons (Fsp3) is 0.571. The predicted molar refractivity (Wildman–Crippen MR) is 73.7 cm³/mol. The standard InChI is InChI=1S/C14H23NO3/c1-5-11(10-16)9-15(2)13-8-12(17-3)6-7-14(13)18-4/h6-8,11,16H,5,9-10H2,1-4H3. The fourth-order valence-electron chi connectivity index (χ4n) is 1.90. The number of aliphatic hydroxyl groups is 1. The molecule has 1 aromatic carbocycles. The Hall–Kier alpha value is -1.42. The molecular formula is C14H23NO3. The number of aliphatic hydroxyl groups excluding tert-OH is 1. The Morgan fingerprint density at radius 1 is 1.28 bits per heavy atom. The molecule has 0 bridgehead atoms. The molecule has 1 unspecified atom stereocenters. The molecule has 4 heteroatoms. The van der Waals surface area contributed by atoms with Gasteiger partial charge in [-0.15, -0.1) is 0 Å².